The number of fused-ring (bicyclic) bond motifs is 1. The number of hydrogen-bond acceptors (Lipinski definition) is 5. The summed E-state index contributed by atoms with van der Waals surface area (Å²) < 4.78 is 16.0. The number of nitrogens with one attached hydrogen (secondary N) is 1. The third kappa shape index (κ3) is 3.53. The maximum atomic E-state index is 10.4. The van der Waals surface area contributed by atoms with Crippen molar-refractivity contribution in [3.63, 3.8) is 0 Å². The van der Waals surface area contributed by atoms with Gasteiger partial charge in [0.05, 0.1) is 26.6 Å². The second-order valence-electron chi connectivity index (χ2n) is 5.55. The number of aliphatic hydroxyl groups is 1. The summed E-state index contributed by atoms with van der Waals surface area (Å²) in [6.07, 6.45) is 1.09. The van der Waals surface area contributed by atoms with Crippen molar-refractivity contribution in [1.82, 2.24) is 5.32 Å². The van der Waals surface area contributed by atoms with Gasteiger partial charge in [-0.2, -0.15) is 0 Å². The third-order valence-electron chi connectivity index (χ3n) is 3.97. The number of aliphatic hydroxyl groups excluding tert-OH is 1. The highest BCUT2D eigenvalue weighted by molar-refractivity contribution is 5.80. The van der Waals surface area contributed by atoms with Crippen LogP contribution in [0.3, 0.4) is 0 Å². The summed E-state index contributed by atoms with van der Waals surface area (Å²) in [6, 6.07) is 13.3. The zero-order valence-electron chi connectivity index (χ0n) is 13.8. The van der Waals surface area contributed by atoms with Crippen LogP contribution >= 0.6 is 0 Å². The van der Waals surface area contributed by atoms with Crippen molar-refractivity contribution in [3.8, 4) is 11.5 Å². The van der Waals surface area contributed by atoms with Gasteiger partial charge < -0.3 is 24.3 Å². The molecule has 3 rings (SSSR count). The standard InChI is InChI=1S/C19H21NO4/c1-22-15-7-13(8-16(9-15)23-2)18(21)11-20-10-14-12-24-19-6-4-3-5-17(14)19/h3-9,12,18,20-21H,10-11H2,1-2H3. The Labute approximate surface area is 140 Å². The molecule has 2 N–H and O–H groups in total. The molecule has 0 saturated heterocycles. The van der Waals surface area contributed by atoms with E-state index in [0.29, 0.717) is 24.6 Å². The Balaban J connectivity index is 1.64. The zero-order chi connectivity index (χ0) is 16.9. The monoisotopic (exact) mass is 327 g/mol. The molecule has 24 heavy (non-hydrogen) atoms. The molecule has 5 heteroatoms. The summed E-state index contributed by atoms with van der Waals surface area (Å²) in [7, 11) is 3.18. The maximum absolute atomic E-state index is 10.4. The highest BCUT2D eigenvalue weighted by Crippen LogP contribution is 2.26. The highest BCUT2D eigenvalue weighted by Gasteiger charge is 2.12. The van der Waals surface area contributed by atoms with Gasteiger partial charge in [0.1, 0.15) is 17.1 Å². The Morgan fingerprint density at radius 1 is 1.08 bits per heavy atom. The Kier molecular flexibility index (Phi) is 5.03. The molecule has 1 unspecified atom stereocenters. The first-order valence-corrected chi connectivity index (χ1v) is 7.78. The minimum Gasteiger partial charge on any atom is -0.497 e. The largest absolute Gasteiger partial charge is 0.497 e. The molecule has 0 spiro atoms. The molecule has 0 aliphatic rings. The lowest BCUT2D eigenvalue weighted by atomic mass is 10.1. The van der Waals surface area contributed by atoms with E-state index in [1.807, 2.05) is 36.4 Å². The smallest absolute Gasteiger partial charge is 0.134 e. The minimum atomic E-state index is -0.660. The molecule has 1 atom stereocenters. The van der Waals surface area contributed by atoms with E-state index in [1.54, 1.807) is 26.5 Å². The second-order valence-corrected chi connectivity index (χ2v) is 5.55. The van der Waals surface area contributed by atoms with Gasteiger partial charge in [-0.15, -0.1) is 0 Å². The first kappa shape index (κ1) is 16.4. The van der Waals surface area contributed by atoms with Crippen LogP contribution in [0.5, 0.6) is 11.5 Å². The SMILES string of the molecule is COc1cc(OC)cc(C(O)CNCc2coc3ccccc23)c1. The summed E-state index contributed by atoms with van der Waals surface area (Å²) in [5, 5.41) is 14.8. The minimum absolute atomic E-state index is 0.413. The van der Waals surface area contributed by atoms with Crippen LogP contribution in [0.2, 0.25) is 0 Å². The molecule has 0 fully saturated rings. The van der Waals surface area contributed by atoms with Crippen LogP contribution in [0.4, 0.5) is 0 Å². The van der Waals surface area contributed by atoms with Crippen molar-refractivity contribution < 1.29 is 19.0 Å². The van der Waals surface area contributed by atoms with E-state index < -0.39 is 6.10 Å². The predicted molar refractivity (Wildman–Crippen MR) is 92.4 cm³/mol. The molecule has 1 heterocycles. The number of hydrogen-bond donors (Lipinski definition) is 2. The molecule has 0 aliphatic heterocycles. The molecule has 0 bridgehead atoms. The molecule has 0 radical (unpaired) electrons. The van der Waals surface area contributed by atoms with E-state index >= 15 is 0 Å². The molecule has 126 valence electrons. The van der Waals surface area contributed by atoms with Gasteiger partial charge in [0, 0.05) is 30.1 Å². The lowest BCUT2D eigenvalue weighted by Gasteiger charge is -2.14. The third-order valence-corrected chi connectivity index (χ3v) is 3.97. The van der Waals surface area contributed by atoms with Crippen LogP contribution in [-0.2, 0) is 6.54 Å². The molecule has 0 aliphatic carbocycles. The summed E-state index contributed by atoms with van der Waals surface area (Å²) >= 11 is 0. The lowest BCUT2D eigenvalue weighted by Crippen LogP contribution is -2.21. The van der Waals surface area contributed by atoms with E-state index in [2.05, 4.69) is 5.32 Å². The molecule has 5 nitrogen and oxygen atoms in total. The fraction of sp³-hybridized carbons (Fsp3) is 0.263. The molecule has 1 aromatic heterocycles. The fourth-order valence-electron chi connectivity index (χ4n) is 2.65. The van der Waals surface area contributed by atoms with E-state index in [-0.39, 0.29) is 0 Å². The van der Waals surface area contributed by atoms with Crippen molar-refractivity contribution in [2.75, 3.05) is 20.8 Å². The Morgan fingerprint density at radius 2 is 1.79 bits per heavy atom. The number of ether oxygens (including phenoxy) is 2. The molecule has 0 amide bonds. The average Bonchev–Trinajstić information content (AvgIpc) is 3.04. The van der Waals surface area contributed by atoms with E-state index in [4.69, 9.17) is 13.9 Å². The van der Waals surface area contributed by atoms with Crippen LogP contribution < -0.4 is 14.8 Å². The summed E-state index contributed by atoms with van der Waals surface area (Å²) in [6.45, 7) is 1.03. The van der Waals surface area contributed by atoms with E-state index in [0.717, 1.165) is 22.1 Å². The number of rotatable bonds is 7. The Hall–Kier alpha value is -2.50. The molecule has 0 saturated carbocycles. The topological polar surface area (TPSA) is 63.9 Å². The normalized spacial score (nSPS) is 12.3. The molecular formula is C19H21NO4. The quantitative estimate of drug-likeness (QED) is 0.697. The van der Waals surface area contributed by atoms with Crippen LogP contribution in [0.15, 0.2) is 53.1 Å². The van der Waals surface area contributed by atoms with Crippen LogP contribution in [0, 0.1) is 0 Å². The van der Waals surface area contributed by atoms with Crippen LogP contribution in [0.25, 0.3) is 11.0 Å². The van der Waals surface area contributed by atoms with Gasteiger partial charge in [-0.3, -0.25) is 0 Å². The molecule has 3 aromatic rings. The molecular weight excluding hydrogens is 306 g/mol. The first-order chi connectivity index (χ1) is 11.7. The van der Waals surface area contributed by atoms with Crippen molar-refractivity contribution in [2.24, 2.45) is 0 Å². The average molecular weight is 327 g/mol. The highest BCUT2D eigenvalue weighted by atomic mass is 16.5. The van der Waals surface area contributed by atoms with E-state index in [9.17, 15) is 5.11 Å². The fourth-order valence-corrected chi connectivity index (χ4v) is 2.65. The number of furan rings is 1. The van der Waals surface area contributed by atoms with Gasteiger partial charge in [0.15, 0.2) is 0 Å². The van der Waals surface area contributed by atoms with Gasteiger partial charge in [0.25, 0.3) is 0 Å². The van der Waals surface area contributed by atoms with Gasteiger partial charge in [0.2, 0.25) is 0 Å². The van der Waals surface area contributed by atoms with E-state index in [1.165, 1.54) is 0 Å². The van der Waals surface area contributed by atoms with Gasteiger partial charge in [-0.25, -0.2) is 0 Å². The summed E-state index contributed by atoms with van der Waals surface area (Å²) in [4.78, 5) is 0. The summed E-state index contributed by atoms with van der Waals surface area (Å²) in [5.74, 6) is 1.31. The van der Waals surface area contributed by atoms with Crippen LogP contribution in [-0.4, -0.2) is 25.9 Å². The number of benzene rings is 2. The van der Waals surface area contributed by atoms with Gasteiger partial charge in [-0.05, 0) is 23.8 Å². The first-order valence-electron chi connectivity index (χ1n) is 7.78. The number of para-hydroxylation sites is 1. The number of methoxy groups -OCH3 is 2. The van der Waals surface area contributed by atoms with Gasteiger partial charge >= 0.3 is 0 Å². The predicted octanol–water partition coefficient (Wildman–Crippen LogP) is 3.27. The van der Waals surface area contributed by atoms with Crippen molar-refractivity contribution >= 4 is 11.0 Å². The Bertz CT molecular complexity index is 790. The van der Waals surface area contributed by atoms with Gasteiger partial charge in [-0.1, -0.05) is 18.2 Å². The zero-order valence-corrected chi connectivity index (χ0v) is 13.8. The van der Waals surface area contributed by atoms with Crippen LogP contribution in [0.1, 0.15) is 17.2 Å². The van der Waals surface area contributed by atoms with Crippen molar-refractivity contribution in [2.45, 2.75) is 12.6 Å². The van der Waals surface area contributed by atoms with Crippen molar-refractivity contribution in [1.29, 1.82) is 0 Å². The maximum Gasteiger partial charge on any atom is 0.134 e. The Morgan fingerprint density at radius 3 is 2.50 bits per heavy atom. The second kappa shape index (κ2) is 7.38. The molecule has 2 aromatic carbocycles. The summed E-state index contributed by atoms with van der Waals surface area (Å²) in [5.41, 5.74) is 2.68. The van der Waals surface area contributed by atoms with Crippen molar-refractivity contribution in [3.05, 3.63) is 59.9 Å². The lowest BCUT2D eigenvalue weighted by molar-refractivity contribution is 0.173.